The SMILES string of the molecule is Cc1nn(-c2ccc(Cl)cc2)c(C)c1CC(=O)N1CCCCC1CN. The zero-order valence-electron chi connectivity index (χ0n) is 14.8. The van der Waals surface area contributed by atoms with Crippen LogP contribution >= 0.6 is 11.6 Å². The highest BCUT2D eigenvalue weighted by molar-refractivity contribution is 6.30. The summed E-state index contributed by atoms with van der Waals surface area (Å²) in [6.45, 7) is 5.31. The molecule has 1 atom stereocenters. The maximum Gasteiger partial charge on any atom is 0.227 e. The van der Waals surface area contributed by atoms with Crippen LogP contribution < -0.4 is 5.73 Å². The van der Waals surface area contributed by atoms with Crippen LogP contribution in [0.25, 0.3) is 5.69 Å². The first-order valence-corrected chi connectivity index (χ1v) is 9.19. The van der Waals surface area contributed by atoms with Crippen molar-refractivity contribution in [2.24, 2.45) is 5.73 Å². The molecule has 2 heterocycles. The van der Waals surface area contributed by atoms with Crippen molar-refractivity contribution in [1.82, 2.24) is 14.7 Å². The molecule has 1 aliphatic heterocycles. The number of amides is 1. The molecule has 1 fully saturated rings. The number of likely N-dealkylation sites (tertiary alicyclic amines) is 1. The maximum absolute atomic E-state index is 12.8. The van der Waals surface area contributed by atoms with E-state index < -0.39 is 0 Å². The smallest absolute Gasteiger partial charge is 0.227 e. The molecular weight excluding hydrogens is 336 g/mol. The van der Waals surface area contributed by atoms with Crippen molar-refractivity contribution in [2.75, 3.05) is 13.1 Å². The minimum Gasteiger partial charge on any atom is -0.338 e. The van der Waals surface area contributed by atoms with Crippen LogP contribution in [0.1, 0.15) is 36.2 Å². The first-order valence-electron chi connectivity index (χ1n) is 8.82. The monoisotopic (exact) mass is 360 g/mol. The van der Waals surface area contributed by atoms with Gasteiger partial charge in [0.25, 0.3) is 0 Å². The lowest BCUT2D eigenvalue weighted by atomic mass is 10.0. The third kappa shape index (κ3) is 3.72. The van der Waals surface area contributed by atoms with Gasteiger partial charge in [0.15, 0.2) is 0 Å². The van der Waals surface area contributed by atoms with E-state index in [2.05, 4.69) is 5.10 Å². The van der Waals surface area contributed by atoms with E-state index in [1.54, 1.807) is 0 Å². The first kappa shape index (κ1) is 18.0. The minimum absolute atomic E-state index is 0.150. The number of nitrogens with zero attached hydrogens (tertiary/aromatic N) is 3. The molecule has 1 aliphatic rings. The van der Waals surface area contributed by atoms with Gasteiger partial charge in [0.05, 0.1) is 17.8 Å². The highest BCUT2D eigenvalue weighted by Crippen LogP contribution is 2.22. The molecule has 3 rings (SSSR count). The van der Waals surface area contributed by atoms with Gasteiger partial charge in [-0.25, -0.2) is 4.68 Å². The van der Waals surface area contributed by atoms with Crippen molar-refractivity contribution in [1.29, 1.82) is 0 Å². The molecule has 134 valence electrons. The molecule has 1 saturated heterocycles. The number of hydrogen-bond acceptors (Lipinski definition) is 3. The standard InChI is InChI=1S/C19H25ClN4O/c1-13-18(11-19(25)23-10-4-3-5-17(23)12-21)14(2)24(22-13)16-8-6-15(20)7-9-16/h6-9,17H,3-5,10-12,21H2,1-2H3. The van der Waals surface area contributed by atoms with Gasteiger partial charge in [-0.15, -0.1) is 0 Å². The molecule has 5 nitrogen and oxygen atoms in total. The molecule has 25 heavy (non-hydrogen) atoms. The van der Waals surface area contributed by atoms with Crippen molar-refractivity contribution in [3.8, 4) is 5.69 Å². The lowest BCUT2D eigenvalue weighted by Gasteiger charge is -2.35. The number of piperidine rings is 1. The van der Waals surface area contributed by atoms with E-state index in [4.69, 9.17) is 17.3 Å². The average molecular weight is 361 g/mol. The molecule has 0 spiro atoms. The predicted molar refractivity (Wildman–Crippen MR) is 100 cm³/mol. The Labute approximate surface area is 153 Å². The van der Waals surface area contributed by atoms with Crippen molar-refractivity contribution >= 4 is 17.5 Å². The van der Waals surface area contributed by atoms with Crippen LogP contribution in [0.2, 0.25) is 5.02 Å². The maximum atomic E-state index is 12.8. The second-order valence-corrected chi connectivity index (χ2v) is 7.12. The largest absolute Gasteiger partial charge is 0.338 e. The molecule has 0 saturated carbocycles. The molecule has 6 heteroatoms. The van der Waals surface area contributed by atoms with E-state index >= 15 is 0 Å². The Kier molecular flexibility index (Phi) is 5.45. The van der Waals surface area contributed by atoms with Crippen LogP contribution in [0, 0.1) is 13.8 Å². The van der Waals surface area contributed by atoms with Gasteiger partial charge in [-0.05, 0) is 57.4 Å². The summed E-state index contributed by atoms with van der Waals surface area (Å²) in [5, 5.41) is 5.32. The van der Waals surface area contributed by atoms with Crippen LogP contribution in [0.3, 0.4) is 0 Å². The minimum atomic E-state index is 0.150. The lowest BCUT2D eigenvalue weighted by Crippen LogP contribution is -2.48. The fourth-order valence-electron chi connectivity index (χ4n) is 3.59. The highest BCUT2D eigenvalue weighted by atomic mass is 35.5. The quantitative estimate of drug-likeness (QED) is 0.911. The van der Waals surface area contributed by atoms with Crippen LogP contribution in [0.4, 0.5) is 0 Å². The number of benzene rings is 1. The Morgan fingerprint density at radius 1 is 1.28 bits per heavy atom. The molecule has 1 unspecified atom stereocenters. The normalized spacial score (nSPS) is 17.8. The van der Waals surface area contributed by atoms with Gasteiger partial charge in [0.2, 0.25) is 5.91 Å². The van der Waals surface area contributed by atoms with E-state index in [0.717, 1.165) is 48.4 Å². The van der Waals surface area contributed by atoms with Gasteiger partial charge >= 0.3 is 0 Å². The molecule has 2 aromatic rings. The number of carbonyl (C=O) groups excluding carboxylic acids is 1. The third-order valence-electron chi connectivity index (χ3n) is 5.06. The summed E-state index contributed by atoms with van der Waals surface area (Å²) in [6, 6.07) is 7.73. The van der Waals surface area contributed by atoms with Gasteiger partial charge in [-0.1, -0.05) is 11.6 Å². The predicted octanol–water partition coefficient (Wildman–Crippen LogP) is 3.02. The molecule has 1 amide bonds. The Morgan fingerprint density at radius 3 is 2.68 bits per heavy atom. The van der Waals surface area contributed by atoms with Crippen molar-refractivity contribution in [3.63, 3.8) is 0 Å². The topological polar surface area (TPSA) is 64.2 Å². The Bertz CT molecular complexity index is 754. The molecule has 1 aromatic heterocycles. The first-order chi connectivity index (χ1) is 12.0. The summed E-state index contributed by atoms with van der Waals surface area (Å²) in [5.41, 5.74) is 9.69. The van der Waals surface area contributed by atoms with Gasteiger partial charge in [-0.2, -0.15) is 5.10 Å². The number of aryl methyl sites for hydroxylation is 1. The summed E-state index contributed by atoms with van der Waals surface area (Å²) in [6.07, 6.45) is 3.59. The zero-order chi connectivity index (χ0) is 18.0. The Morgan fingerprint density at radius 2 is 2.00 bits per heavy atom. The lowest BCUT2D eigenvalue weighted by molar-refractivity contribution is -0.133. The van der Waals surface area contributed by atoms with Crippen LogP contribution in [-0.4, -0.2) is 39.7 Å². The van der Waals surface area contributed by atoms with E-state index in [9.17, 15) is 4.79 Å². The summed E-state index contributed by atoms with van der Waals surface area (Å²) in [5.74, 6) is 0.150. The molecule has 2 N–H and O–H groups in total. The van der Waals surface area contributed by atoms with Crippen LogP contribution in [0.15, 0.2) is 24.3 Å². The van der Waals surface area contributed by atoms with E-state index in [-0.39, 0.29) is 11.9 Å². The summed E-state index contributed by atoms with van der Waals surface area (Å²) >= 11 is 5.97. The number of nitrogens with two attached hydrogens (primary N) is 1. The van der Waals surface area contributed by atoms with Gasteiger partial charge in [-0.3, -0.25) is 4.79 Å². The summed E-state index contributed by atoms with van der Waals surface area (Å²) in [4.78, 5) is 14.8. The summed E-state index contributed by atoms with van der Waals surface area (Å²) in [7, 11) is 0. The average Bonchev–Trinajstić information content (AvgIpc) is 2.90. The second-order valence-electron chi connectivity index (χ2n) is 6.69. The molecular formula is C19H25ClN4O. The van der Waals surface area contributed by atoms with Crippen LogP contribution in [-0.2, 0) is 11.2 Å². The summed E-state index contributed by atoms with van der Waals surface area (Å²) < 4.78 is 1.88. The Hall–Kier alpha value is -1.85. The fourth-order valence-corrected chi connectivity index (χ4v) is 3.72. The van der Waals surface area contributed by atoms with Crippen molar-refractivity contribution in [2.45, 2.75) is 45.6 Å². The molecule has 0 aliphatic carbocycles. The number of carbonyl (C=O) groups is 1. The van der Waals surface area contributed by atoms with Gasteiger partial charge in [0, 0.05) is 35.4 Å². The molecule has 1 aromatic carbocycles. The van der Waals surface area contributed by atoms with E-state index in [1.807, 2.05) is 47.7 Å². The second kappa shape index (κ2) is 7.58. The zero-order valence-corrected chi connectivity index (χ0v) is 15.6. The number of aromatic nitrogens is 2. The van der Waals surface area contributed by atoms with Gasteiger partial charge in [0.1, 0.15) is 0 Å². The number of hydrogen-bond donors (Lipinski definition) is 1. The number of halogens is 1. The highest BCUT2D eigenvalue weighted by Gasteiger charge is 2.27. The van der Waals surface area contributed by atoms with E-state index in [0.29, 0.717) is 18.0 Å². The van der Waals surface area contributed by atoms with E-state index in [1.165, 1.54) is 0 Å². The third-order valence-corrected chi connectivity index (χ3v) is 5.31. The number of rotatable bonds is 4. The van der Waals surface area contributed by atoms with Crippen molar-refractivity contribution in [3.05, 3.63) is 46.2 Å². The van der Waals surface area contributed by atoms with Crippen molar-refractivity contribution < 1.29 is 4.79 Å². The van der Waals surface area contributed by atoms with Gasteiger partial charge < -0.3 is 10.6 Å². The molecule has 0 radical (unpaired) electrons. The van der Waals surface area contributed by atoms with Crippen LogP contribution in [0.5, 0.6) is 0 Å². The molecule has 0 bridgehead atoms. The fraction of sp³-hybridized carbons (Fsp3) is 0.474. The Balaban J connectivity index is 1.83.